The Kier molecular flexibility index (Phi) is 5.61. The van der Waals surface area contributed by atoms with Gasteiger partial charge in [0, 0.05) is 0 Å². The minimum Gasteiger partial charge on any atom is -0.480 e. The molecular weight excluding hydrogens is 162 g/mol. The molecule has 0 aliphatic carbocycles. The summed E-state index contributed by atoms with van der Waals surface area (Å²) in [6, 6.07) is -0.705. The number of nitrogens with one attached hydrogen (secondary N) is 1. The lowest BCUT2D eigenvalue weighted by atomic mass is 10.3. The van der Waals surface area contributed by atoms with Crippen LogP contribution in [-0.2, 0) is 9.53 Å². The van der Waals surface area contributed by atoms with Crippen LogP contribution in [0.25, 0.3) is 0 Å². The van der Waals surface area contributed by atoms with Crippen LogP contribution in [0.15, 0.2) is 0 Å². The number of aliphatic carboxylic acids is 1. The van der Waals surface area contributed by atoms with E-state index in [9.17, 15) is 4.79 Å². The van der Waals surface area contributed by atoms with Gasteiger partial charge in [0.2, 0.25) is 0 Å². The topological polar surface area (TPSA) is 78.8 Å². The molecule has 0 rings (SSSR count). The van der Waals surface area contributed by atoms with E-state index in [4.69, 9.17) is 14.9 Å². The SMILES string of the molecule is CN[C@@H](COCC(C)O)C(=O)O. The Hall–Kier alpha value is -0.650. The lowest BCUT2D eigenvalue weighted by Crippen LogP contribution is -2.38. The second-order valence-corrected chi connectivity index (χ2v) is 2.57. The Morgan fingerprint density at radius 2 is 2.17 bits per heavy atom. The lowest BCUT2D eigenvalue weighted by Gasteiger charge is -2.12. The highest BCUT2D eigenvalue weighted by atomic mass is 16.5. The van der Waals surface area contributed by atoms with Crippen molar-refractivity contribution in [1.29, 1.82) is 0 Å². The van der Waals surface area contributed by atoms with Crippen molar-refractivity contribution < 1.29 is 19.7 Å². The number of carboxylic acids is 1. The summed E-state index contributed by atoms with van der Waals surface area (Å²) in [6.45, 7) is 1.80. The molecule has 0 aliphatic heterocycles. The van der Waals surface area contributed by atoms with Gasteiger partial charge >= 0.3 is 5.97 Å². The molecule has 0 spiro atoms. The van der Waals surface area contributed by atoms with Gasteiger partial charge in [-0.15, -0.1) is 0 Å². The van der Waals surface area contributed by atoms with Crippen molar-refractivity contribution in [2.24, 2.45) is 0 Å². The first-order chi connectivity index (χ1) is 5.57. The van der Waals surface area contributed by atoms with Gasteiger partial charge in [-0.25, -0.2) is 0 Å². The van der Waals surface area contributed by atoms with Crippen molar-refractivity contribution in [3.63, 3.8) is 0 Å². The molecule has 0 radical (unpaired) electrons. The number of likely N-dealkylation sites (N-methyl/N-ethyl adjacent to an activating group) is 1. The molecule has 0 saturated carbocycles. The van der Waals surface area contributed by atoms with Gasteiger partial charge in [0.1, 0.15) is 6.04 Å². The van der Waals surface area contributed by atoms with E-state index in [1.807, 2.05) is 0 Å². The third-order valence-corrected chi connectivity index (χ3v) is 1.29. The first kappa shape index (κ1) is 11.4. The van der Waals surface area contributed by atoms with Crippen LogP contribution >= 0.6 is 0 Å². The summed E-state index contributed by atoms with van der Waals surface area (Å²) >= 11 is 0. The van der Waals surface area contributed by atoms with Crippen molar-refractivity contribution >= 4 is 5.97 Å². The van der Waals surface area contributed by atoms with Gasteiger partial charge in [-0.3, -0.25) is 4.79 Å². The summed E-state index contributed by atoms with van der Waals surface area (Å²) in [5, 5.41) is 19.9. The molecule has 72 valence electrons. The molecule has 0 saturated heterocycles. The van der Waals surface area contributed by atoms with Gasteiger partial charge in [-0.05, 0) is 14.0 Å². The predicted molar refractivity (Wildman–Crippen MR) is 43.0 cm³/mol. The van der Waals surface area contributed by atoms with E-state index in [0.29, 0.717) is 0 Å². The third kappa shape index (κ3) is 5.06. The number of carboxylic acid groups (broad SMARTS) is 1. The average Bonchev–Trinajstić information content (AvgIpc) is 1.96. The summed E-state index contributed by atoms with van der Waals surface area (Å²) in [5.74, 6) is -0.955. The van der Waals surface area contributed by atoms with Crippen LogP contribution in [0.5, 0.6) is 0 Å². The number of aliphatic hydroxyl groups is 1. The average molecular weight is 177 g/mol. The molecule has 2 atom stereocenters. The van der Waals surface area contributed by atoms with E-state index in [-0.39, 0.29) is 13.2 Å². The summed E-state index contributed by atoms with van der Waals surface area (Å²) in [6.07, 6.45) is -0.559. The van der Waals surface area contributed by atoms with Gasteiger partial charge in [-0.2, -0.15) is 0 Å². The molecule has 0 heterocycles. The molecule has 0 bridgehead atoms. The van der Waals surface area contributed by atoms with Gasteiger partial charge in [0.15, 0.2) is 0 Å². The van der Waals surface area contributed by atoms with E-state index in [0.717, 1.165) is 0 Å². The van der Waals surface area contributed by atoms with Crippen molar-refractivity contribution in [3.8, 4) is 0 Å². The standard InChI is InChI=1S/C7H15NO4/c1-5(9)3-12-4-6(8-2)7(10)11/h5-6,8-9H,3-4H2,1-2H3,(H,10,11)/t5?,6-/m0/s1. The smallest absolute Gasteiger partial charge is 0.323 e. The van der Waals surface area contributed by atoms with Crippen LogP contribution in [0.2, 0.25) is 0 Å². The minimum atomic E-state index is -0.955. The van der Waals surface area contributed by atoms with Crippen LogP contribution in [0.1, 0.15) is 6.92 Å². The van der Waals surface area contributed by atoms with Gasteiger partial charge in [0.25, 0.3) is 0 Å². The fourth-order valence-electron chi connectivity index (χ4n) is 0.635. The summed E-state index contributed by atoms with van der Waals surface area (Å²) in [5.41, 5.74) is 0. The first-order valence-electron chi connectivity index (χ1n) is 3.73. The molecule has 3 N–H and O–H groups in total. The maximum Gasteiger partial charge on any atom is 0.323 e. The van der Waals surface area contributed by atoms with Gasteiger partial charge < -0.3 is 20.3 Å². The summed E-state index contributed by atoms with van der Waals surface area (Å²) in [4.78, 5) is 10.4. The normalized spacial score (nSPS) is 15.6. The van der Waals surface area contributed by atoms with E-state index in [2.05, 4.69) is 5.32 Å². The fraction of sp³-hybridized carbons (Fsp3) is 0.857. The zero-order valence-electron chi connectivity index (χ0n) is 7.28. The Labute approximate surface area is 71.3 Å². The van der Waals surface area contributed by atoms with E-state index in [1.165, 1.54) is 0 Å². The molecule has 12 heavy (non-hydrogen) atoms. The summed E-state index contributed by atoms with van der Waals surface area (Å²) in [7, 11) is 1.55. The molecule has 0 fully saturated rings. The molecule has 0 aromatic heterocycles. The monoisotopic (exact) mass is 177 g/mol. The van der Waals surface area contributed by atoms with E-state index >= 15 is 0 Å². The maximum absolute atomic E-state index is 10.4. The van der Waals surface area contributed by atoms with Crippen LogP contribution in [0, 0.1) is 0 Å². The minimum absolute atomic E-state index is 0.0662. The summed E-state index contributed by atoms with van der Waals surface area (Å²) < 4.78 is 4.92. The molecule has 0 aliphatic rings. The largest absolute Gasteiger partial charge is 0.480 e. The Bertz CT molecular complexity index is 137. The molecule has 0 amide bonds. The molecule has 5 heteroatoms. The Balaban J connectivity index is 3.52. The molecule has 0 aromatic rings. The van der Waals surface area contributed by atoms with Crippen LogP contribution < -0.4 is 5.32 Å². The first-order valence-corrected chi connectivity index (χ1v) is 3.73. The molecule has 1 unspecified atom stereocenters. The zero-order valence-corrected chi connectivity index (χ0v) is 7.28. The van der Waals surface area contributed by atoms with Gasteiger partial charge in [-0.1, -0.05) is 0 Å². The van der Waals surface area contributed by atoms with Crippen molar-refractivity contribution in [2.75, 3.05) is 20.3 Å². The number of hydrogen-bond donors (Lipinski definition) is 3. The Morgan fingerprint density at radius 3 is 2.50 bits per heavy atom. The number of rotatable bonds is 6. The number of aliphatic hydroxyl groups excluding tert-OH is 1. The fourth-order valence-corrected chi connectivity index (χ4v) is 0.635. The lowest BCUT2D eigenvalue weighted by molar-refractivity contribution is -0.141. The van der Waals surface area contributed by atoms with Crippen LogP contribution in [-0.4, -0.2) is 48.6 Å². The zero-order chi connectivity index (χ0) is 9.56. The highest BCUT2D eigenvalue weighted by Crippen LogP contribution is 1.88. The molecule has 5 nitrogen and oxygen atoms in total. The maximum atomic E-state index is 10.4. The van der Waals surface area contributed by atoms with Crippen molar-refractivity contribution in [2.45, 2.75) is 19.1 Å². The number of carbonyl (C=O) groups is 1. The second-order valence-electron chi connectivity index (χ2n) is 2.57. The quantitative estimate of drug-likeness (QED) is 0.488. The Morgan fingerprint density at radius 1 is 1.58 bits per heavy atom. The van der Waals surface area contributed by atoms with Crippen LogP contribution in [0.4, 0.5) is 0 Å². The predicted octanol–water partition coefficient (Wildman–Crippen LogP) is -0.944. The highest BCUT2D eigenvalue weighted by Gasteiger charge is 2.14. The van der Waals surface area contributed by atoms with E-state index in [1.54, 1.807) is 14.0 Å². The second kappa shape index (κ2) is 5.93. The van der Waals surface area contributed by atoms with Crippen molar-refractivity contribution in [1.82, 2.24) is 5.32 Å². The number of hydrogen-bond acceptors (Lipinski definition) is 4. The molecule has 0 aromatic carbocycles. The highest BCUT2D eigenvalue weighted by molar-refractivity contribution is 5.73. The van der Waals surface area contributed by atoms with Crippen molar-refractivity contribution in [3.05, 3.63) is 0 Å². The van der Waals surface area contributed by atoms with E-state index < -0.39 is 18.1 Å². The van der Waals surface area contributed by atoms with Crippen LogP contribution in [0.3, 0.4) is 0 Å². The number of ether oxygens (including phenoxy) is 1. The molecular formula is C7H15NO4. The third-order valence-electron chi connectivity index (χ3n) is 1.29. The van der Waals surface area contributed by atoms with Gasteiger partial charge in [0.05, 0.1) is 19.3 Å².